The zero-order valence-electron chi connectivity index (χ0n) is 11.3. The van der Waals surface area contributed by atoms with Gasteiger partial charge in [-0.1, -0.05) is 12.1 Å². The van der Waals surface area contributed by atoms with Gasteiger partial charge in [-0.2, -0.15) is 0 Å². The van der Waals surface area contributed by atoms with Gasteiger partial charge in [0.1, 0.15) is 12.0 Å². The molecule has 1 fully saturated rings. The molecule has 0 bridgehead atoms. The minimum absolute atomic E-state index is 0.00112. The molecule has 0 unspecified atom stereocenters. The number of benzene rings is 1. The summed E-state index contributed by atoms with van der Waals surface area (Å²) in [5.74, 6) is -1.61. The lowest BCUT2D eigenvalue weighted by Gasteiger charge is -2.37. The summed E-state index contributed by atoms with van der Waals surface area (Å²) in [5, 5.41) is 18.3. The number of carbonyl (C=O) groups is 2. The summed E-state index contributed by atoms with van der Waals surface area (Å²) < 4.78 is 18.8. The highest BCUT2D eigenvalue weighted by Crippen LogP contribution is 2.33. The van der Waals surface area contributed by atoms with Crippen molar-refractivity contribution in [2.75, 3.05) is 19.7 Å². The Bertz CT molecular complexity index is 540. The molecule has 0 atom stereocenters. The molecule has 2 rings (SSSR count). The van der Waals surface area contributed by atoms with E-state index in [0.717, 1.165) is 0 Å². The van der Waals surface area contributed by atoms with Crippen LogP contribution >= 0.6 is 0 Å². The van der Waals surface area contributed by atoms with Crippen LogP contribution in [0.4, 0.5) is 9.18 Å². The van der Waals surface area contributed by atoms with Crippen LogP contribution in [0, 0.1) is 11.2 Å². The molecule has 1 aromatic rings. The number of hydrogen-bond donors (Lipinski definition) is 2. The fourth-order valence-electron chi connectivity index (χ4n) is 2.32. The van der Waals surface area contributed by atoms with Crippen LogP contribution in [0.1, 0.15) is 12.8 Å². The van der Waals surface area contributed by atoms with E-state index in [1.807, 2.05) is 0 Å². The van der Waals surface area contributed by atoms with Crippen molar-refractivity contribution >= 4 is 12.1 Å². The van der Waals surface area contributed by atoms with E-state index in [9.17, 15) is 19.1 Å². The first kappa shape index (κ1) is 15.1. The zero-order chi connectivity index (χ0) is 15.5. The fourth-order valence-corrected chi connectivity index (χ4v) is 2.32. The van der Waals surface area contributed by atoms with Crippen LogP contribution < -0.4 is 4.74 Å². The molecular weight excluding hydrogens is 281 g/mol. The number of likely N-dealkylation sites (tertiary alicyclic amines) is 1. The van der Waals surface area contributed by atoms with Gasteiger partial charge in [0.15, 0.2) is 11.6 Å². The second kappa shape index (κ2) is 5.99. The smallest absolute Gasteiger partial charge is 0.407 e. The van der Waals surface area contributed by atoms with E-state index in [2.05, 4.69) is 0 Å². The number of aliphatic carboxylic acids is 1. The van der Waals surface area contributed by atoms with Crippen molar-refractivity contribution in [3.05, 3.63) is 30.1 Å². The van der Waals surface area contributed by atoms with Crippen molar-refractivity contribution in [2.24, 2.45) is 5.41 Å². The number of piperidine rings is 1. The summed E-state index contributed by atoms with van der Waals surface area (Å²) in [6, 6.07) is 5.77. The van der Waals surface area contributed by atoms with Crippen LogP contribution in [0.5, 0.6) is 5.75 Å². The SMILES string of the molecule is O=C(O)N1CCC(COc2ccccc2F)(C(=O)O)CC1. The summed E-state index contributed by atoms with van der Waals surface area (Å²) in [5.41, 5.74) is -1.19. The van der Waals surface area contributed by atoms with Gasteiger partial charge in [-0.05, 0) is 25.0 Å². The van der Waals surface area contributed by atoms with Gasteiger partial charge in [-0.3, -0.25) is 4.79 Å². The summed E-state index contributed by atoms with van der Waals surface area (Å²) >= 11 is 0. The maximum absolute atomic E-state index is 13.5. The first-order chi connectivity index (χ1) is 9.94. The van der Waals surface area contributed by atoms with Crippen LogP contribution in [-0.2, 0) is 4.79 Å². The van der Waals surface area contributed by atoms with Crippen LogP contribution in [-0.4, -0.2) is 46.9 Å². The number of carboxylic acids is 1. The molecule has 0 spiro atoms. The number of amides is 1. The van der Waals surface area contributed by atoms with Crippen molar-refractivity contribution < 1.29 is 28.9 Å². The minimum Gasteiger partial charge on any atom is -0.489 e. The van der Waals surface area contributed by atoms with Gasteiger partial charge in [0.05, 0.1) is 0 Å². The molecular formula is C14H16FNO5. The summed E-state index contributed by atoms with van der Waals surface area (Å²) in [7, 11) is 0. The van der Waals surface area contributed by atoms with Gasteiger partial charge >= 0.3 is 12.1 Å². The molecule has 1 aliphatic rings. The number of para-hydroxylation sites is 1. The first-order valence-corrected chi connectivity index (χ1v) is 6.53. The molecule has 1 aliphatic heterocycles. The topological polar surface area (TPSA) is 87.1 Å². The number of rotatable bonds is 4. The quantitative estimate of drug-likeness (QED) is 0.888. The van der Waals surface area contributed by atoms with Gasteiger partial charge in [-0.15, -0.1) is 0 Å². The van der Waals surface area contributed by atoms with E-state index >= 15 is 0 Å². The summed E-state index contributed by atoms with van der Waals surface area (Å²) in [6.45, 7) is 0.0707. The largest absolute Gasteiger partial charge is 0.489 e. The Kier molecular flexibility index (Phi) is 4.30. The predicted molar refractivity (Wildman–Crippen MR) is 70.8 cm³/mol. The van der Waals surface area contributed by atoms with E-state index in [4.69, 9.17) is 9.84 Å². The molecule has 1 heterocycles. The Hall–Kier alpha value is -2.31. The third-order valence-electron chi connectivity index (χ3n) is 3.79. The first-order valence-electron chi connectivity index (χ1n) is 6.53. The normalized spacial score (nSPS) is 17.3. The lowest BCUT2D eigenvalue weighted by Crippen LogP contribution is -2.49. The zero-order valence-corrected chi connectivity index (χ0v) is 11.3. The Balaban J connectivity index is 2.05. The molecule has 1 amide bonds. The van der Waals surface area contributed by atoms with Crippen LogP contribution in [0.15, 0.2) is 24.3 Å². The lowest BCUT2D eigenvalue weighted by atomic mass is 9.79. The van der Waals surface area contributed by atoms with E-state index in [1.54, 1.807) is 6.07 Å². The highest BCUT2D eigenvalue weighted by Gasteiger charge is 2.43. The number of nitrogens with zero attached hydrogens (tertiary/aromatic N) is 1. The molecule has 2 N–H and O–H groups in total. The Labute approximate surface area is 120 Å². The molecule has 0 saturated carbocycles. The highest BCUT2D eigenvalue weighted by atomic mass is 19.1. The third-order valence-corrected chi connectivity index (χ3v) is 3.79. The standard InChI is InChI=1S/C14H16FNO5/c15-10-3-1-2-4-11(10)21-9-14(12(17)18)5-7-16(8-6-14)13(19)20/h1-4H,5-9H2,(H,17,18)(H,19,20). The Morgan fingerprint density at radius 2 is 1.86 bits per heavy atom. The van der Waals surface area contributed by atoms with E-state index in [1.165, 1.54) is 23.1 Å². The molecule has 1 aromatic carbocycles. The molecule has 7 heteroatoms. The van der Waals surface area contributed by atoms with E-state index in [-0.39, 0.29) is 38.3 Å². The van der Waals surface area contributed by atoms with Crippen molar-refractivity contribution in [2.45, 2.75) is 12.8 Å². The van der Waals surface area contributed by atoms with Gasteiger partial charge in [-0.25, -0.2) is 9.18 Å². The molecule has 0 aliphatic carbocycles. The minimum atomic E-state index is -1.19. The Morgan fingerprint density at radius 3 is 2.38 bits per heavy atom. The highest BCUT2D eigenvalue weighted by molar-refractivity contribution is 5.75. The maximum atomic E-state index is 13.5. The van der Waals surface area contributed by atoms with Crippen molar-refractivity contribution in [3.63, 3.8) is 0 Å². The van der Waals surface area contributed by atoms with E-state index in [0.29, 0.717) is 0 Å². The fraction of sp³-hybridized carbons (Fsp3) is 0.429. The molecule has 0 aromatic heterocycles. The maximum Gasteiger partial charge on any atom is 0.407 e. The van der Waals surface area contributed by atoms with Crippen LogP contribution in [0.3, 0.4) is 0 Å². The van der Waals surface area contributed by atoms with Crippen molar-refractivity contribution in [1.82, 2.24) is 4.90 Å². The van der Waals surface area contributed by atoms with Crippen LogP contribution in [0.25, 0.3) is 0 Å². The molecule has 114 valence electrons. The predicted octanol–water partition coefficient (Wildman–Crippen LogP) is 2.05. The monoisotopic (exact) mass is 297 g/mol. The van der Waals surface area contributed by atoms with Gasteiger partial charge in [0, 0.05) is 13.1 Å². The third kappa shape index (κ3) is 3.24. The number of ether oxygens (including phenoxy) is 1. The van der Waals surface area contributed by atoms with Gasteiger partial charge < -0.3 is 19.8 Å². The van der Waals surface area contributed by atoms with Gasteiger partial charge in [0.25, 0.3) is 0 Å². The molecule has 21 heavy (non-hydrogen) atoms. The molecule has 6 nitrogen and oxygen atoms in total. The average molecular weight is 297 g/mol. The average Bonchev–Trinajstić information content (AvgIpc) is 2.46. The van der Waals surface area contributed by atoms with Crippen LogP contribution in [0.2, 0.25) is 0 Å². The molecule has 0 radical (unpaired) electrons. The van der Waals surface area contributed by atoms with Crippen molar-refractivity contribution in [1.29, 1.82) is 0 Å². The second-order valence-electron chi connectivity index (χ2n) is 5.07. The summed E-state index contributed by atoms with van der Waals surface area (Å²) in [6.07, 6.45) is -0.782. The Morgan fingerprint density at radius 1 is 1.24 bits per heavy atom. The second-order valence-corrected chi connectivity index (χ2v) is 5.07. The van der Waals surface area contributed by atoms with E-state index < -0.39 is 23.3 Å². The number of hydrogen-bond acceptors (Lipinski definition) is 3. The number of carboxylic acid groups (broad SMARTS) is 2. The lowest BCUT2D eigenvalue weighted by molar-refractivity contribution is -0.154. The number of halogens is 1. The molecule has 1 saturated heterocycles. The summed E-state index contributed by atoms with van der Waals surface area (Å²) in [4.78, 5) is 23.5. The van der Waals surface area contributed by atoms with Gasteiger partial charge in [0.2, 0.25) is 0 Å². The van der Waals surface area contributed by atoms with Crippen molar-refractivity contribution in [3.8, 4) is 5.75 Å².